The normalized spacial score (nSPS) is 12.5. The highest BCUT2D eigenvalue weighted by atomic mass is 19.1. The number of carbonyl (C=O) groups is 1. The van der Waals surface area contributed by atoms with Crippen molar-refractivity contribution in [3.63, 3.8) is 0 Å². The number of hydrogen-bond acceptors (Lipinski definition) is 1. The van der Waals surface area contributed by atoms with E-state index in [1.165, 1.54) is 12.1 Å². The van der Waals surface area contributed by atoms with Gasteiger partial charge in [0.2, 0.25) is 0 Å². The third-order valence-electron chi connectivity index (χ3n) is 1.92. The molecule has 0 amide bonds. The topological polar surface area (TPSA) is 37.3 Å². The molecule has 0 spiro atoms. The fourth-order valence-electron chi connectivity index (χ4n) is 1.17. The summed E-state index contributed by atoms with van der Waals surface area (Å²) in [6.45, 7) is 1.81. The van der Waals surface area contributed by atoms with E-state index in [4.69, 9.17) is 5.11 Å². The second kappa shape index (κ2) is 4.03. The molecule has 0 saturated carbocycles. The van der Waals surface area contributed by atoms with Crippen LogP contribution >= 0.6 is 0 Å². The van der Waals surface area contributed by atoms with E-state index >= 15 is 0 Å². The van der Waals surface area contributed by atoms with Crippen LogP contribution in [0.25, 0.3) is 0 Å². The SMILES string of the molecule is CC(CC(=O)O)c1ccc(F)cc1.[HH]. The first-order valence-electron chi connectivity index (χ1n) is 4.07. The van der Waals surface area contributed by atoms with Crippen molar-refractivity contribution in [2.75, 3.05) is 0 Å². The zero-order chi connectivity index (χ0) is 9.84. The highest BCUT2D eigenvalue weighted by Crippen LogP contribution is 2.18. The van der Waals surface area contributed by atoms with Gasteiger partial charge < -0.3 is 5.11 Å². The minimum atomic E-state index is -0.836. The summed E-state index contributed by atoms with van der Waals surface area (Å²) in [5.74, 6) is -1.21. The molecular formula is C10H13FO2. The largest absolute Gasteiger partial charge is 0.481 e. The number of benzene rings is 1. The maximum atomic E-state index is 12.5. The van der Waals surface area contributed by atoms with Crippen LogP contribution in [0.4, 0.5) is 4.39 Å². The van der Waals surface area contributed by atoms with Crippen LogP contribution in [0.5, 0.6) is 0 Å². The van der Waals surface area contributed by atoms with Crippen LogP contribution in [0.3, 0.4) is 0 Å². The molecule has 1 unspecified atom stereocenters. The van der Waals surface area contributed by atoms with E-state index in [2.05, 4.69) is 0 Å². The second-order valence-corrected chi connectivity index (χ2v) is 3.05. The van der Waals surface area contributed by atoms with Gasteiger partial charge in [-0.2, -0.15) is 0 Å². The maximum Gasteiger partial charge on any atom is 0.303 e. The molecule has 0 fully saturated rings. The average molecular weight is 184 g/mol. The maximum absolute atomic E-state index is 12.5. The summed E-state index contributed by atoms with van der Waals surface area (Å²) in [5, 5.41) is 8.53. The van der Waals surface area contributed by atoms with Crippen LogP contribution in [0.2, 0.25) is 0 Å². The van der Waals surface area contributed by atoms with Crippen molar-refractivity contribution < 1.29 is 15.7 Å². The van der Waals surface area contributed by atoms with Gasteiger partial charge in [0.1, 0.15) is 5.82 Å². The number of rotatable bonds is 3. The molecule has 1 aromatic rings. The van der Waals surface area contributed by atoms with Crippen molar-refractivity contribution in [3.05, 3.63) is 35.6 Å². The Labute approximate surface area is 77.5 Å². The minimum absolute atomic E-state index is 0. The molecule has 0 saturated heterocycles. The Hall–Kier alpha value is -1.38. The van der Waals surface area contributed by atoms with E-state index in [1.807, 2.05) is 0 Å². The lowest BCUT2D eigenvalue weighted by molar-refractivity contribution is -0.137. The number of carboxylic acids is 1. The van der Waals surface area contributed by atoms with Crippen LogP contribution < -0.4 is 0 Å². The first-order chi connectivity index (χ1) is 6.09. The molecule has 3 heteroatoms. The summed E-state index contributed by atoms with van der Waals surface area (Å²) in [6.07, 6.45) is 0.0750. The fraction of sp³-hybridized carbons (Fsp3) is 0.300. The summed E-state index contributed by atoms with van der Waals surface area (Å²) >= 11 is 0. The summed E-state index contributed by atoms with van der Waals surface area (Å²) in [6, 6.07) is 5.91. The van der Waals surface area contributed by atoms with E-state index in [9.17, 15) is 9.18 Å². The zero-order valence-electron chi connectivity index (χ0n) is 7.33. The van der Waals surface area contributed by atoms with E-state index in [-0.39, 0.29) is 19.6 Å². The Kier molecular flexibility index (Phi) is 3.01. The Balaban J connectivity index is 0.00000169. The third-order valence-corrected chi connectivity index (χ3v) is 1.92. The van der Waals surface area contributed by atoms with Gasteiger partial charge >= 0.3 is 5.97 Å². The van der Waals surface area contributed by atoms with E-state index in [0.717, 1.165) is 5.56 Å². The van der Waals surface area contributed by atoms with Gasteiger partial charge in [0, 0.05) is 1.43 Å². The molecule has 0 aromatic heterocycles. The van der Waals surface area contributed by atoms with Gasteiger partial charge in [0.25, 0.3) is 0 Å². The predicted molar refractivity (Wildman–Crippen MR) is 49.2 cm³/mol. The number of carboxylic acid groups (broad SMARTS) is 1. The van der Waals surface area contributed by atoms with Crippen molar-refractivity contribution in [2.24, 2.45) is 0 Å². The van der Waals surface area contributed by atoms with Gasteiger partial charge in [0.15, 0.2) is 0 Å². The summed E-state index contributed by atoms with van der Waals surface area (Å²) in [5.41, 5.74) is 0.851. The lowest BCUT2D eigenvalue weighted by atomic mass is 9.98. The molecular weight excluding hydrogens is 171 g/mol. The standard InChI is InChI=1S/C10H11FO2.H2/c1-7(6-10(12)13)8-2-4-9(11)5-3-8;/h2-5,7H,6H2,1H3,(H,12,13);1H. The first-order valence-corrected chi connectivity index (χ1v) is 4.07. The highest BCUT2D eigenvalue weighted by Gasteiger charge is 2.09. The Morgan fingerprint density at radius 3 is 2.54 bits per heavy atom. The second-order valence-electron chi connectivity index (χ2n) is 3.05. The molecule has 2 nitrogen and oxygen atoms in total. The zero-order valence-corrected chi connectivity index (χ0v) is 7.33. The number of hydrogen-bond donors (Lipinski definition) is 1. The number of halogens is 1. The van der Waals surface area contributed by atoms with Gasteiger partial charge in [-0.3, -0.25) is 4.79 Å². The van der Waals surface area contributed by atoms with E-state index in [1.54, 1.807) is 19.1 Å². The monoisotopic (exact) mass is 184 g/mol. The molecule has 1 rings (SSSR count). The molecule has 0 aliphatic carbocycles. The quantitative estimate of drug-likeness (QED) is 0.784. The molecule has 13 heavy (non-hydrogen) atoms. The molecule has 0 heterocycles. The molecule has 0 aliphatic rings. The molecule has 0 radical (unpaired) electrons. The van der Waals surface area contributed by atoms with Crippen molar-refractivity contribution in [3.8, 4) is 0 Å². The van der Waals surface area contributed by atoms with Gasteiger partial charge in [-0.15, -0.1) is 0 Å². The molecule has 0 aliphatic heterocycles. The Morgan fingerprint density at radius 1 is 1.54 bits per heavy atom. The van der Waals surface area contributed by atoms with Gasteiger partial charge in [-0.25, -0.2) is 4.39 Å². The fourth-order valence-corrected chi connectivity index (χ4v) is 1.17. The van der Waals surface area contributed by atoms with Crippen molar-refractivity contribution in [2.45, 2.75) is 19.3 Å². The van der Waals surface area contributed by atoms with Crippen molar-refractivity contribution in [1.29, 1.82) is 0 Å². The highest BCUT2D eigenvalue weighted by molar-refractivity contribution is 5.67. The molecule has 1 atom stereocenters. The third kappa shape index (κ3) is 2.86. The lowest BCUT2D eigenvalue weighted by Gasteiger charge is -2.07. The van der Waals surface area contributed by atoms with Gasteiger partial charge in [0.05, 0.1) is 6.42 Å². The first kappa shape index (κ1) is 9.71. The molecule has 1 aromatic carbocycles. The Bertz CT molecular complexity index is 297. The van der Waals surface area contributed by atoms with Gasteiger partial charge in [-0.1, -0.05) is 19.1 Å². The average Bonchev–Trinajstić information content (AvgIpc) is 2.04. The van der Waals surface area contributed by atoms with Crippen molar-refractivity contribution >= 4 is 5.97 Å². The molecule has 0 bridgehead atoms. The smallest absolute Gasteiger partial charge is 0.303 e. The summed E-state index contributed by atoms with van der Waals surface area (Å²) < 4.78 is 12.5. The molecule has 72 valence electrons. The van der Waals surface area contributed by atoms with E-state index in [0.29, 0.717) is 0 Å². The minimum Gasteiger partial charge on any atom is -0.481 e. The predicted octanol–water partition coefficient (Wildman–Crippen LogP) is 2.65. The summed E-state index contributed by atoms with van der Waals surface area (Å²) in [4.78, 5) is 10.4. The Morgan fingerprint density at radius 2 is 2.08 bits per heavy atom. The van der Waals surface area contributed by atoms with E-state index < -0.39 is 5.97 Å². The van der Waals surface area contributed by atoms with Crippen LogP contribution in [0.15, 0.2) is 24.3 Å². The van der Waals surface area contributed by atoms with Crippen molar-refractivity contribution in [1.82, 2.24) is 0 Å². The molecule has 1 N–H and O–H groups in total. The van der Waals surface area contributed by atoms with Crippen LogP contribution in [0, 0.1) is 5.82 Å². The van der Waals surface area contributed by atoms with Gasteiger partial charge in [-0.05, 0) is 23.6 Å². The van der Waals surface area contributed by atoms with Crippen LogP contribution in [0.1, 0.15) is 26.3 Å². The number of aliphatic carboxylic acids is 1. The lowest BCUT2D eigenvalue weighted by Crippen LogP contribution is -2.02. The summed E-state index contributed by atoms with van der Waals surface area (Å²) in [7, 11) is 0. The van der Waals surface area contributed by atoms with Crippen LogP contribution in [-0.4, -0.2) is 11.1 Å². The van der Waals surface area contributed by atoms with Crippen LogP contribution in [-0.2, 0) is 4.79 Å².